The minimum atomic E-state index is -0.397. The summed E-state index contributed by atoms with van der Waals surface area (Å²) in [4.78, 5) is 18.7. The number of nitrogens with zero attached hydrogens (tertiary/aromatic N) is 1. The van der Waals surface area contributed by atoms with E-state index in [0.29, 0.717) is 28.7 Å². The zero-order valence-electron chi connectivity index (χ0n) is 21.6. The Kier molecular flexibility index (Phi) is 6.89. The van der Waals surface area contributed by atoms with Crippen LogP contribution in [0, 0.1) is 6.92 Å². The number of para-hydroxylation sites is 1. The van der Waals surface area contributed by atoms with Gasteiger partial charge in [-0.1, -0.05) is 36.8 Å². The van der Waals surface area contributed by atoms with Crippen molar-refractivity contribution >= 4 is 33.9 Å². The van der Waals surface area contributed by atoms with E-state index >= 15 is 0 Å². The number of aromatic amines is 1. The number of ether oxygens (including phenoxy) is 2. The van der Waals surface area contributed by atoms with Gasteiger partial charge in [0.1, 0.15) is 0 Å². The van der Waals surface area contributed by atoms with Crippen LogP contribution in [0.2, 0.25) is 0 Å². The maximum absolute atomic E-state index is 13.5. The van der Waals surface area contributed by atoms with Crippen molar-refractivity contribution in [1.82, 2.24) is 9.88 Å². The van der Waals surface area contributed by atoms with Crippen molar-refractivity contribution in [2.75, 3.05) is 26.1 Å². The molecule has 0 spiro atoms. The molecule has 6 nitrogen and oxygen atoms in total. The van der Waals surface area contributed by atoms with Crippen LogP contribution in [-0.4, -0.2) is 35.8 Å². The molecule has 0 saturated carbocycles. The third-order valence-corrected chi connectivity index (χ3v) is 7.43. The molecule has 1 aromatic heterocycles. The Labute approximate surface area is 222 Å². The average molecular weight is 514 g/mol. The lowest BCUT2D eigenvalue weighted by atomic mass is 9.88. The van der Waals surface area contributed by atoms with Crippen LogP contribution in [0.1, 0.15) is 40.8 Å². The summed E-state index contributed by atoms with van der Waals surface area (Å²) in [5.74, 6) is 1.30. The van der Waals surface area contributed by atoms with Gasteiger partial charge in [-0.3, -0.25) is 4.79 Å². The van der Waals surface area contributed by atoms with Crippen LogP contribution >= 0.6 is 12.2 Å². The van der Waals surface area contributed by atoms with E-state index in [1.807, 2.05) is 55.5 Å². The number of aromatic nitrogens is 1. The maximum Gasteiger partial charge on any atom is 0.254 e. The fourth-order valence-electron chi connectivity index (χ4n) is 5.18. The highest BCUT2D eigenvalue weighted by Crippen LogP contribution is 2.41. The smallest absolute Gasteiger partial charge is 0.254 e. The lowest BCUT2D eigenvalue weighted by Gasteiger charge is -2.39. The Hall–Kier alpha value is -3.84. The van der Waals surface area contributed by atoms with E-state index in [1.165, 1.54) is 5.56 Å². The van der Waals surface area contributed by atoms with Crippen molar-refractivity contribution in [3.05, 3.63) is 98.8 Å². The van der Waals surface area contributed by atoms with Crippen LogP contribution in [0.4, 0.5) is 5.69 Å². The Morgan fingerprint density at radius 1 is 1.05 bits per heavy atom. The Balaban J connectivity index is 1.67. The first-order valence-corrected chi connectivity index (χ1v) is 12.9. The number of aryl methyl sites for hydroxylation is 2. The average Bonchev–Trinajstić information content (AvgIpc) is 2.91. The number of hydrogen-bond donors (Lipinski definition) is 2. The van der Waals surface area contributed by atoms with Gasteiger partial charge in [0, 0.05) is 23.3 Å². The van der Waals surface area contributed by atoms with Gasteiger partial charge in [-0.15, -0.1) is 0 Å². The van der Waals surface area contributed by atoms with Gasteiger partial charge in [-0.25, -0.2) is 0 Å². The predicted octanol–water partition coefficient (Wildman–Crippen LogP) is 5.76. The molecule has 1 atom stereocenters. The largest absolute Gasteiger partial charge is 0.493 e. The number of benzene rings is 3. The van der Waals surface area contributed by atoms with Crippen molar-refractivity contribution in [3.63, 3.8) is 0 Å². The van der Waals surface area contributed by atoms with Gasteiger partial charge >= 0.3 is 0 Å². The van der Waals surface area contributed by atoms with E-state index in [4.69, 9.17) is 21.7 Å². The number of fused-ring (bicyclic) bond motifs is 2. The second-order valence-electron chi connectivity index (χ2n) is 9.34. The molecule has 2 N–H and O–H groups in total. The van der Waals surface area contributed by atoms with Crippen LogP contribution in [-0.2, 0) is 12.8 Å². The van der Waals surface area contributed by atoms with Crippen molar-refractivity contribution in [2.45, 2.75) is 32.7 Å². The summed E-state index contributed by atoms with van der Waals surface area (Å²) in [7, 11) is 3.26. The normalized spacial score (nSPS) is 14.8. The molecule has 0 saturated heterocycles. The van der Waals surface area contributed by atoms with Gasteiger partial charge < -0.3 is 24.7 Å². The highest BCUT2D eigenvalue weighted by Gasteiger charge is 2.34. The first-order valence-electron chi connectivity index (χ1n) is 12.5. The van der Waals surface area contributed by atoms with Gasteiger partial charge in [-0.2, -0.15) is 0 Å². The minimum Gasteiger partial charge on any atom is -0.493 e. The maximum atomic E-state index is 13.5. The number of pyridine rings is 1. The molecule has 0 amide bonds. The van der Waals surface area contributed by atoms with Gasteiger partial charge in [-0.05, 0) is 90.5 Å². The molecule has 0 fully saturated rings. The summed E-state index contributed by atoms with van der Waals surface area (Å²) >= 11 is 5.99. The summed E-state index contributed by atoms with van der Waals surface area (Å²) < 4.78 is 11.2. The minimum absolute atomic E-state index is 0.134. The summed E-state index contributed by atoms with van der Waals surface area (Å²) in [6.07, 6.45) is 1.65. The number of methoxy groups -OCH3 is 2. The Bertz CT molecular complexity index is 1550. The molecule has 7 heteroatoms. The van der Waals surface area contributed by atoms with Gasteiger partial charge in [0.05, 0.1) is 20.3 Å². The zero-order chi connectivity index (χ0) is 26.1. The number of nitrogens with one attached hydrogen (secondary N) is 2. The molecule has 1 aliphatic heterocycles. The second kappa shape index (κ2) is 10.3. The van der Waals surface area contributed by atoms with E-state index in [0.717, 1.165) is 46.1 Å². The molecular weight excluding hydrogens is 482 g/mol. The monoisotopic (exact) mass is 513 g/mol. The molecule has 5 rings (SSSR count). The predicted molar refractivity (Wildman–Crippen MR) is 153 cm³/mol. The highest BCUT2D eigenvalue weighted by atomic mass is 32.1. The van der Waals surface area contributed by atoms with E-state index in [2.05, 4.69) is 34.3 Å². The number of rotatable bonds is 5. The number of H-pyrrole nitrogens is 1. The van der Waals surface area contributed by atoms with Gasteiger partial charge in [0.2, 0.25) is 0 Å². The second-order valence-corrected chi connectivity index (χ2v) is 9.72. The van der Waals surface area contributed by atoms with Gasteiger partial charge in [0.25, 0.3) is 5.56 Å². The fourth-order valence-corrected chi connectivity index (χ4v) is 5.49. The third-order valence-electron chi connectivity index (χ3n) is 7.10. The molecule has 190 valence electrons. The van der Waals surface area contributed by atoms with Crippen LogP contribution in [0.15, 0.2) is 65.5 Å². The van der Waals surface area contributed by atoms with Crippen LogP contribution in [0.25, 0.3) is 10.9 Å². The Morgan fingerprint density at radius 3 is 2.57 bits per heavy atom. The number of hydrogen-bond acceptors (Lipinski definition) is 4. The molecule has 2 heterocycles. The first-order chi connectivity index (χ1) is 17.9. The molecule has 4 aromatic rings. The van der Waals surface area contributed by atoms with E-state index < -0.39 is 6.04 Å². The summed E-state index contributed by atoms with van der Waals surface area (Å²) in [6, 6.07) is 19.8. The molecule has 0 radical (unpaired) electrons. The quantitative estimate of drug-likeness (QED) is 0.331. The molecule has 0 aliphatic carbocycles. The zero-order valence-corrected chi connectivity index (χ0v) is 22.4. The summed E-state index contributed by atoms with van der Waals surface area (Å²) in [6.45, 7) is 4.83. The van der Waals surface area contributed by atoms with Crippen molar-refractivity contribution < 1.29 is 9.47 Å². The SMILES string of the molecule is CCc1ccccc1NC(=S)N1CCc2cc(OC)c(OC)cc2[C@@H]1c1cc2cc(C)ccc2[nH]c1=O. The molecule has 37 heavy (non-hydrogen) atoms. The molecule has 1 aliphatic rings. The summed E-state index contributed by atoms with van der Waals surface area (Å²) in [5, 5.41) is 5.03. The molecule has 3 aromatic carbocycles. The van der Waals surface area contributed by atoms with E-state index in [9.17, 15) is 4.79 Å². The van der Waals surface area contributed by atoms with Gasteiger partial charge in [0.15, 0.2) is 16.6 Å². The van der Waals surface area contributed by atoms with E-state index in [1.54, 1.807) is 14.2 Å². The van der Waals surface area contributed by atoms with Crippen LogP contribution in [0.5, 0.6) is 11.5 Å². The standard InChI is InChI=1S/C30H31N3O3S/c1-5-19-8-6-7-9-24(19)32-30(37)33-13-12-20-16-26(35-3)27(36-4)17-22(20)28(33)23-15-21-14-18(2)10-11-25(21)31-29(23)34/h6-11,14-17,28H,5,12-13H2,1-4H3,(H,31,34)(H,32,37)/t28-/m1/s1. The summed E-state index contributed by atoms with van der Waals surface area (Å²) in [5.41, 5.74) is 6.70. The van der Waals surface area contributed by atoms with E-state index in [-0.39, 0.29) is 5.56 Å². The fraction of sp³-hybridized carbons (Fsp3) is 0.267. The third kappa shape index (κ3) is 4.67. The van der Waals surface area contributed by atoms with Crippen LogP contribution in [0.3, 0.4) is 0 Å². The van der Waals surface area contributed by atoms with Crippen molar-refractivity contribution in [2.24, 2.45) is 0 Å². The van der Waals surface area contributed by atoms with Crippen molar-refractivity contribution in [3.8, 4) is 11.5 Å². The molecular formula is C30H31N3O3S. The molecule has 0 unspecified atom stereocenters. The topological polar surface area (TPSA) is 66.6 Å². The van der Waals surface area contributed by atoms with Crippen LogP contribution < -0.4 is 20.3 Å². The Morgan fingerprint density at radius 2 is 1.81 bits per heavy atom. The first kappa shape index (κ1) is 24.8. The number of thiocarbonyl (C=S) groups is 1. The lowest BCUT2D eigenvalue weighted by Crippen LogP contribution is -2.44. The molecule has 0 bridgehead atoms. The lowest BCUT2D eigenvalue weighted by molar-refractivity contribution is 0.329. The van der Waals surface area contributed by atoms with Crippen molar-refractivity contribution in [1.29, 1.82) is 0 Å². The number of anilines is 1. The highest BCUT2D eigenvalue weighted by molar-refractivity contribution is 7.80.